The summed E-state index contributed by atoms with van der Waals surface area (Å²) < 4.78 is 24.8. The molecule has 1 aromatic rings. The van der Waals surface area contributed by atoms with E-state index in [-0.39, 0.29) is 17.4 Å². The molecule has 1 aliphatic heterocycles. The lowest BCUT2D eigenvalue weighted by atomic mass is 10.1. The molecule has 130 valence electrons. The lowest BCUT2D eigenvalue weighted by Crippen LogP contribution is -2.40. The molecule has 1 aliphatic rings. The topological polar surface area (TPSA) is 75.5 Å². The van der Waals surface area contributed by atoms with Crippen molar-refractivity contribution in [2.45, 2.75) is 19.9 Å². The van der Waals surface area contributed by atoms with Gasteiger partial charge in [-0.3, -0.25) is 0 Å². The van der Waals surface area contributed by atoms with E-state index in [0.29, 0.717) is 35.6 Å². The minimum Gasteiger partial charge on any atom is -0.357 e. The average molecular weight is 381 g/mol. The van der Waals surface area contributed by atoms with E-state index >= 15 is 0 Å². The fraction of sp³-hybridized carbons (Fsp3) is 0.643. The van der Waals surface area contributed by atoms with Crippen molar-refractivity contribution in [2.24, 2.45) is 18.0 Å². The normalized spacial score (nSPS) is 20.7. The Kier molecular flexibility index (Phi) is 6.22. The fourth-order valence-corrected chi connectivity index (χ4v) is 4.79. The number of rotatable bonds is 5. The van der Waals surface area contributed by atoms with Crippen LogP contribution in [0, 0.1) is 5.92 Å². The van der Waals surface area contributed by atoms with Crippen LogP contribution in [0.25, 0.3) is 0 Å². The second-order valence-electron chi connectivity index (χ2n) is 5.68. The minimum atomic E-state index is -2.85. The lowest BCUT2D eigenvalue weighted by molar-refractivity contribution is 0.567. The number of nitrogens with zero attached hydrogens (tertiary/aromatic N) is 2. The summed E-state index contributed by atoms with van der Waals surface area (Å²) >= 11 is 12.0. The van der Waals surface area contributed by atoms with Crippen LogP contribution >= 0.6 is 23.2 Å². The van der Waals surface area contributed by atoms with Gasteiger partial charge >= 0.3 is 0 Å². The van der Waals surface area contributed by atoms with Gasteiger partial charge in [0.15, 0.2) is 15.8 Å². The van der Waals surface area contributed by atoms with E-state index in [1.165, 1.54) is 0 Å². The Morgan fingerprint density at radius 1 is 1.43 bits per heavy atom. The quantitative estimate of drug-likeness (QED) is 0.603. The Morgan fingerprint density at radius 3 is 2.70 bits per heavy atom. The maximum absolute atomic E-state index is 11.5. The van der Waals surface area contributed by atoms with Gasteiger partial charge in [-0.25, -0.2) is 13.4 Å². The molecule has 0 radical (unpaired) electrons. The predicted octanol–water partition coefficient (Wildman–Crippen LogP) is 1.82. The molecular weight excluding hydrogens is 359 g/mol. The number of halogens is 2. The Balaban J connectivity index is 1.96. The minimum absolute atomic E-state index is 0.141. The number of sulfone groups is 1. The number of hydrogen-bond donors (Lipinski definition) is 2. The summed E-state index contributed by atoms with van der Waals surface area (Å²) in [6.45, 7) is 3.73. The third-order valence-electron chi connectivity index (χ3n) is 3.84. The first-order valence-electron chi connectivity index (χ1n) is 7.54. The van der Waals surface area contributed by atoms with E-state index in [1.54, 1.807) is 10.6 Å². The zero-order valence-corrected chi connectivity index (χ0v) is 15.6. The van der Waals surface area contributed by atoms with Crippen molar-refractivity contribution in [3.63, 3.8) is 0 Å². The van der Waals surface area contributed by atoms with Crippen LogP contribution in [0.5, 0.6) is 0 Å². The molecule has 2 N–H and O–H groups in total. The second kappa shape index (κ2) is 7.77. The predicted molar refractivity (Wildman–Crippen MR) is 95.0 cm³/mol. The first-order chi connectivity index (χ1) is 10.8. The molecule has 1 unspecified atom stereocenters. The van der Waals surface area contributed by atoms with E-state index in [4.69, 9.17) is 23.2 Å². The molecule has 0 aliphatic carbocycles. The Bertz CT molecular complexity index is 685. The number of aliphatic imine (C=N–C) groups is 1. The van der Waals surface area contributed by atoms with E-state index in [2.05, 4.69) is 15.6 Å². The summed E-state index contributed by atoms with van der Waals surface area (Å²) in [5, 5.41) is 7.36. The number of nitrogens with one attached hydrogen (secondary N) is 2. The van der Waals surface area contributed by atoms with Gasteiger partial charge in [-0.05, 0) is 25.3 Å². The fourth-order valence-electron chi connectivity index (χ4n) is 2.52. The van der Waals surface area contributed by atoms with Crippen LogP contribution in [-0.4, -0.2) is 43.5 Å². The highest BCUT2D eigenvalue weighted by atomic mass is 35.5. The summed E-state index contributed by atoms with van der Waals surface area (Å²) in [5.41, 5.74) is 0.903. The van der Waals surface area contributed by atoms with Crippen LogP contribution in [-0.2, 0) is 23.4 Å². The largest absolute Gasteiger partial charge is 0.357 e. The number of aromatic nitrogens is 1. The Morgan fingerprint density at radius 2 is 2.17 bits per heavy atom. The molecule has 1 atom stereocenters. The van der Waals surface area contributed by atoms with Crippen molar-refractivity contribution >= 4 is 39.0 Å². The molecule has 0 aromatic carbocycles. The number of hydrogen-bond acceptors (Lipinski definition) is 3. The van der Waals surface area contributed by atoms with E-state index in [9.17, 15) is 8.42 Å². The molecule has 0 bridgehead atoms. The summed E-state index contributed by atoms with van der Waals surface area (Å²) in [6, 6.07) is 1.79. The van der Waals surface area contributed by atoms with Crippen LogP contribution in [0.3, 0.4) is 0 Å². The van der Waals surface area contributed by atoms with Crippen LogP contribution < -0.4 is 10.6 Å². The van der Waals surface area contributed by atoms with Crippen molar-refractivity contribution in [1.82, 2.24) is 15.2 Å². The molecule has 1 fully saturated rings. The highest BCUT2D eigenvalue weighted by Crippen LogP contribution is 2.25. The summed E-state index contributed by atoms with van der Waals surface area (Å²) in [5.74, 6) is 1.34. The molecule has 23 heavy (non-hydrogen) atoms. The van der Waals surface area contributed by atoms with Crippen LogP contribution in [0.1, 0.15) is 19.0 Å². The third-order valence-corrected chi connectivity index (χ3v) is 6.52. The lowest BCUT2D eigenvalue weighted by Gasteiger charge is -2.14. The van der Waals surface area contributed by atoms with Crippen molar-refractivity contribution in [1.29, 1.82) is 0 Å². The summed E-state index contributed by atoms with van der Waals surface area (Å²) in [7, 11) is -1.02. The molecule has 1 aromatic heterocycles. The first kappa shape index (κ1) is 18.4. The molecule has 0 spiro atoms. The van der Waals surface area contributed by atoms with Gasteiger partial charge in [-0.1, -0.05) is 23.2 Å². The monoisotopic (exact) mass is 380 g/mol. The average Bonchev–Trinajstić information content (AvgIpc) is 2.96. The van der Waals surface area contributed by atoms with E-state index < -0.39 is 9.84 Å². The molecule has 6 nitrogen and oxygen atoms in total. The molecule has 2 rings (SSSR count). The van der Waals surface area contributed by atoms with Gasteiger partial charge in [0.05, 0.1) is 23.1 Å². The SMILES string of the molecule is CCNC(=NCc1cc(Cl)c(Cl)n1C)NCC1CCS(=O)(=O)C1. The zero-order chi connectivity index (χ0) is 17.0. The van der Waals surface area contributed by atoms with Gasteiger partial charge in [0.2, 0.25) is 0 Å². The van der Waals surface area contributed by atoms with Gasteiger partial charge < -0.3 is 15.2 Å². The molecular formula is C14H22Cl2N4O2S. The van der Waals surface area contributed by atoms with Crippen molar-refractivity contribution in [3.8, 4) is 0 Å². The maximum Gasteiger partial charge on any atom is 0.191 e. The molecule has 1 saturated heterocycles. The first-order valence-corrected chi connectivity index (χ1v) is 10.1. The van der Waals surface area contributed by atoms with Gasteiger partial charge in [-0.2, -0.15) is 0 Å². The van der Waals surface area contributed by atoms with Crippen LogP contribution in [0.2, 0.25) is 10.2 Å². The van der Waals surface area contributed by atoms with Crippen LogP contribution in [0.4, 0.5) is 0 Å². The van der Waals surface area contributed by atoms with Crippen molar-refractivity contribution < 1.29 is 8.42 Å². The van der Waals surface area contributed by atoms with Gasteiger partial charge in [0.25, 0.3) is 0 Å². The standard InChI is InChI=1S/C14H22Cl2N4O2S/c1-3-17-14(18-7-10-4-5-23(21,22)9-10)19-8-11-6-12(15)13(16)20(11)2/h6,10H,3-5,7-9H2,1-2H3,(H2,17,18,19). The Labute approximate surface area is 147 Å². The highest BCUT2D eigenvalue weighted by Gasteiger charge is 2.27. The molecule has 2 heterocycles. The second-order valence-corrected chi connectivity index (χ2v) is 8.67. The van der Waals surface area contributed by atoms with E-state index in [0.717, 1.165) is 12.2 Å². The highest BCUT2D eigenvalue weighted by molar-refractivity contribution is 7.91. The Hall–Kier alpha value is -0.920. The molecule has 0 amide bonds. The van der Waals surface area contributed by atoms with Crippen molar-refractivity contribution in [2.75, 3.05) is 24.6 Å². The molecule has 9 heteroatoms. The molecule has 0 saturated carbocycles. The van der Waals surface area contributed by atoms with Crippen LogP contribution in [0.15, 0.2) is 11.1 Å². The summed E-state index contributed by atoms with van der Waals surface area (Å²) in [4.78, 5) is 4.50. The zero-order valence-electron chi connectivity index (χ0n) is 13.3. The maximum atomic E-state index is 11.5. The van der Waals surface area contributed by atoms with E-state index in [1.807, 2.05) is 14.0 Å². The third kappa shape index (κ3) is 5.02. The van der Waals surface area contributed by atoms with Gasteiger partial charge in [0, 0.05) is 25.8 Å². The number of guanidine groups is 1. The smallest absolute Gasteiger partial charge is 0.191 e. The van der Waals surface area contributed by atoms with Crippen molar-refractivity contribution in [3.05, 3.63) is 21.9 Å². The summed E-state index contributed by atoms with van der Waals surface area (Å²) in [6.07, 6.45) is 0.706. The van der Waals surface area contributed by atoms with Gasteiger partial charge in [-0.15, -0.1) is 0 Å². The van der Waals surface area contributed by atoms with Gasteiger partial charge in [0.1, 0.15) is 5.15 Å².